The summed E-state index contributed by atoms with van der Waals surface area (Å²) >= 11 is 0. The largest absolute Gasteiger partial charge is 0.493 e. The summed E-state index contributed by atoms with van der Waals surface area (Å²) in [4.78, 5) is 0. The summed E-state index contributed by atoms with van der Waals surface area (Å²) in [6.07, 6.45) is 0.994. The number of fused-ring (bicyclic) bond motifs is 1. The lowest BCUT2D eigenvalue weighted by Crippen LogP contribution is -2.18. The molecule has 0 saturated heterocycles. The lowest BCUT2D eigenvalue weighted by Gasteiger charge is -2.28. The molecule has 0 radical (unpaired) electrons. The van der Waals surface area contributed by atoms with Gasteiger partial charge in [-0.3, -0.25) is 0 Å². The van der Waals surface area contributed by atoms with Crippen molar-refractivity contribution >= 4 is 0 Å². The molecule has 2 heteroatoms. The van der Waals surface area contributed by atoms with Gasteiger partial charge in [0.15, 0.2) is 0 Å². The van der Waals surface area contributed by atoms with Crippen LogP contribution in [-0.4, -0.2) is 6.61 Å². The maximum atomic E-state index is 13.1. The summed E-state index contributed by atoms with van der Waals surface area (Å²) in [5.74, 6) is 1.67. The second-order valence-electron chi connectivity index (χ2n) is 4.17. The maximum absolute atomic E-state index is 13.1. The van der Waals surface area contributed by atoms with Gasteiger partial charge in [-0.25, -0.2) is 4.39 Å². The van der Waals surface area contributed by atoms with Crippen molar-refractivity contribution in [2.24, 2.45) is 5.92 Å². The van der Waals surface area contributed by atoms with Crippen LogP contribution < -0.4 is 4.74 Å². The fourth-order valence-corrected chi connectivity index (χ4v) is 2.08. The van der Waals surface area contributed by atoms with Crippen molar-refractivity contribution in [2.45, 2.75) is 33.6 Å². The van der Waals surface area contributed by atoms with Crippen LogP contribution in [0.25, 0.3) is 0 Å². The number of ether oxygens (including phenoxy) is 1. The summed E-state index contributed by atoms with van der Waals surface area (Å²) in [6.45, 7) is 5.09. The monoisotopic (exact) mass is 210 g/mol. The van der Waals surface area contributed by atoms with Crippen LogP contribution in [-0.2, 0) is 0 Å². The summed E-state index contributed by atoms with van der Waals surface area (Å²) in [7, 11) is 0. The van der Waals surface area contributed by atoms with Gasteiger partial charge in [-0.05, 0) is 36.5 Å². The van der Waals surface area contributed by atoms with Crippen LogP contribution >= 0.6 is 0 Å². The van der Waals surface area contributed by atoms with Crippen molar-refractivity contribution in [1.82, 2.24) is 0 Å². The quantitative estimate of drug-likeness (QED) is 0.681. The van der Waals surface area contributed by atoms with Crippen LogP contribution in [0.4, 0.5) is 4.39 Å². The molecule has 1 aliphatic heterocycles. The molecule has 0 spiro atoms. The minimum Gasteiger partial charge on any atom is -0.493 e. The van der Waals surface area contributed by atoms with Gasteiger partial charge < -0.3 is 4.74 Å². The molecule has 1 aliphatic rings. The van der Waals surface area contributed by atoms with Gasteiger partial charge in [-0.2, -0.15) is 0 Å². The highest BCUT2D eigenvalue weighted by atomic mass is 19.1. The Morgan fingerprint density at radius 1 is 1.40 bits per heavy atom. The van der Waals surface area contributed by atoms with Crippen LogP contribution in [0.3, 0.4) is 0 Å². The van der Waals surface area contributed by atoms with E-state index in [0.717, 1.165) is 24.3 Å². The summed E-state index contributed by atoms with van der Waals surface area (Å²) in [5, 5.41) is 0. The van der Waals surface area contributed by atoms with Crippen molar-refractivity contribution in [1.29, 1.82) is 0 Å². The Hall–Kier alpha value is -1.05. The van der Waals surface area contributed by atoms with Gasteiger partial charge in [0.2, 0.25) is 0 Å². The summed E-state index contributed by atoms with van der Waals surface area (Å²) in [5.41, 5.74) is 1.03. The van der Waals surface area contributed by atoms with E-state index in [1.165, 1.54) is 6.07 Å². The van der Waals surface area contributed by atoms with Gasteiger partial charge in [-0.15, -0.1) is 0 Å². The maximum Gasteiger partial charge on any atom is 0.123 e. The topological polar surface area (TPSA) is 9.23 Å². The molecule has 0 aromatic heterocycles. The highest BCUT2D eigenvalue weighted by molar-refractivity contribution is 5.38. The molecule has 15 heavy (non-hydrogen) atoms. The molecule has 1 aromatic rings. The van der Waals surface area contributed by atoms with Crippen LogP contribution in [0.5, 0.6) is 5.75 Å². The first-order chi connectivity index (χ1) is 6.68. The normalized spacial score (nSPS) is 19.1. The highest BCUT2D eigenvalue weighted by Crippen LogP contribution is 2.38. The summed E-state index contributed by atoms with van der Waals surface area (Å²) < 4.78 is 18.6. The number of hydrogen-bond acceptors (Lipinski definition) is 1. The molecule has 1 nitrogen and oxygen atoms in total. The van der Waals surface area contributed by atoms with Crippen molar-refractivity contribution in [3.05, 3.63) is 29.6 Å². The predicted molar refractivity (Wildman–Crippen MR) is 60.8 cm³/mol. The minimum absolute atomic E-state index is 0. The van der Waals surface area contributed by atoms with Crippen molar-refractivity contribution in [3.63, 3.8) is 0 Å². The molecule has 1 unspecified atom stereocenters. The Labute approximate surface area is 91.3 Å². The van der Waals surface area contributed by atoms with E-state index in [1.807, 2.05) is 0 Å². The third-order valence-electron chi connectivity index (χ3n) is 2.86. The zero-order valence-electron chi connectivity index (χ0n) is 8.59. The van der Waals surface area contributed by atoms with Gasteiger partial charge in [-0.1, -0.05) is 21.3 Å². The number of hydrogen-bond donors (Lipinski definition) is 0. The first kappa shape index (κ1) is 12.0. The highest BCUT2D eigenvalue weighted by Gasteiger charge is 2.24. The zero-order valence-corrected chi connectivity index (χ0v) is 8.59. The molecule has 2 rings (SSSR count). The molecular weight excluding hydrogens is 191 g/mol. The number of benzene rings is 1. The van der Waals surface area contributed by atoms with E-state index < -0.39 is 0 Å². The van der Waals surface area contributed by atoms with Crippen LogP contribution in [0.15, 0.2) is 18.2 Å². The predicted octanol–water partition coefficient (Wildman–Crippen LogP) is 3.98. The third kappa shape index (κ3) is 2.31. The van der Waals surface area contributed by atoms with E-state index >= 15 is 0 Å². The molecule has 84 valence electrons. The molecule has 0 saturated carbocycles. The average molecular weight is 210 g/mol. The lowest BCUT2D eigenvalue weighted by atomic mass is 9.84. The van der Waals surface area contributed by atoms with E-state index in [-0.39, 0.29) is 13.2 Å². The number of halogens is 1. The fraction of sp³-hybridized carbons (Fsp3) is 0.538. The molecule has 0 N–H and O–H groups in total. The van der Waals surface area contributed by atoms with Crippen molar-refractivity contribution in [3.8, 4) is 5.75 Å². The van der Waals surface area contributed by atoms with Gasteiger partial charge >= 0.3 is 0 Å². The average Bonchev–Trinajstić information content (AvgIpc) is 2.16. The molecule has 0 bridgehead atoms. The molecular formula is C13H19FO. The Kier molecular flexibility index (Phi) is 3.72. The van der Waals surface area contributed by atoms with E-state index in [1.54, 1.807) is 12.1 Å². The van der Waals surface area contributed by atoms with Crippen LogP contribution in [0, 0.1) is 11.7 Å². The third-order valence-corrected chi connectivity index (χ3v) is 2.86. The fourth-order valence-electron chi connectivity index (χ4n) is 2.08. The van der Waals surface area contributed by atoms with Crippen molar-refractivity contribution in [2.75, 3.05) is 6.61 Å². The van der Waals surface area contributed by atoms with Gasteiger partial charge in [0.1, 0.15) is 11.6 Å². The Morgan fingerprint density at radius 2 is 2.13 bits per heavy atom. The molecule has 0 fully saturated rings. The Balaban J connectivity index is 0.00000112. The van der Waals surface area contributed by atoms with E-state index in [2.05, 4.69) is 13.8 Å². The SMILES string of the molecule is C.CC(C)C1CCOc2ccc(F)cc21. The van der Waals surface area contributed by atoms with E-state index in [4.69, 9.17) is 4.74 Å². The Bertz CT molecular complexity index is 333. The molecule has 1 heterocycles. The van der Waals surface area contributed by atoms with E-state index in [0.29, 0.717) is 11.8 Å². The van der Waals surface area contributed by atoms with Gasteiger partial charge in [0, 0.05) is 5.56 Å². The molecule has 0 aliphatic carbocycles. The molecule has 1 atom stereocenters. The first-order valence-corrected chi connectivity index (χ1v) is 5.10. The second-order valence-corrected chi connectivity index (χ2v) is 4.17. The van der Waals surface area contributed by atoms with Gasteiger partial charge in [0.05, 0.1) is 6.61 Å². The van der Waals surface area contributed by atoms with Crippen LogP contribution in [0.2, 0.25) is 0 Å². The lowest BCUT2D eigenvalue weighted by molar-refractivity contribution is 0.246. The Morgan fingerprint density at radius 3 is 2.80 bits per heavy atom. The van der Waals surface area contributed by atoms with Gasteiger partial charge in [0.25, 0.3) is 0 Å². The minimum atomic E-state index is -0.167. The van der Waals surface area contributed by atoms with E-state index in [9.17, 15) is 4.39 Å². The smallest absolute Gasteiger partial charge is 0.123 e. The van der Waals surface area contributed by atoms with Crippen LogP contribution in [0.1, 0.15) is 39.2 Å². The number of rotatable bonds is 1. The standard InChI is InChI=1S/C12H15FO.CH4/c1-8(2)10-5-6-14-12-4-3-9(13)7-11(10)12;/h3-4,7-8,10H,5-6H2,1-2H3;1H4. The van der Waals surface area contributed by atoms with Crippen molar-refractivity contribution < 1.29 is 9.13 Å². The molecule has 0 amide bonds. The first-order valence-electron chi connectivity index (χ1n) is 5.10. The summed E-state index contributed by atoms with van der Waals surface area (Å²) in [6, 6.07) is 4.81. The molecule has 1 aromatic carbocycles. The zero-order chi connectivity index (χ0) is 10.1. The second kappa shape index (κ2) is 4.65.